The smallest absolute Gasteiger partial charge is 0.0502 e. The zero-order valence-electron chi connectivity index (χ0n) is 6.90. The third-order valence-electron chi connectivity index (χ3n) is 1.47. The van der Waals surface area contributed by atoms with Crippen molar-refractivity contribution in [1.82, 2.24) is 0 Å². The van der Waals surface area contributed by atoms with E-state index in [1.807, 2.05) is 6.92 Å². The van der Waals surface area contributed by atoms with Crippen LogP contribution in [0.25, 0.3) is 0 Å². The largest absolute Gasteiger partial charge is 0.381 e. The predicted molar refractivity (Wildman–Crippen MR) is 48.7 cm³/mol. The maximum Gasteiger partial charge on any atom is 0.0502 e. The van der Waals surface area contributed by atoms with Gasteiger partial charge in [0.05, 0.1) is 6.61 Å². The number of hydrogen-bond donors (Lipinski definition) is 0. The molecule has 0 aromatic rings. The molecule has 1 nitrogen and oxygen atoms in total. The van der Waals surface area contributed by atoms with Crippen LogP contribution in [0.1, 0.15) is 26.7 Å². The molecule has 0 fully saturated rings. The average Bonchev–Trinajstić information content (AvgIpc) is 1.98. The van der Waals surface area contributed by atoms with Crippen molar-refractivity contribution in [3.05, 3.63) is 0 Å². The van der Waals surface area contributed by atoms with Gasteiger partial charge in [-0.1, -0.05) is 29.3 Å². The van der Waals surface area contributed by atoms with E-state index >= 15 is 0 Å². The molecule has 0 radical (unpaired) electrons. The summed E-state index contributed by atoms with van der Waals surface area (Å²) in [6, 6.07) is 0. The van der Waals surface area contributed by atoms with Gasteiger partial charge < -0.3 is 4.74 Å². The summed E-state index contributed by atoms with van der Waals surface area (Å²) in [5.74, 6) is 0.713. The fourth-order valence-corrected chi connectivity index (χ4v) is 1.41. The van der Waals surface area contributed by atoms with E-state index in [9.17, 15) is 0 Å². The van der Waals surface area contributed by atoms with Crippen LogP contribution in [0.15, 0.2) is 0 Å². The normalized spacial score (nSPS) is 13.5. The Bertz CT molecular complexity index is 66.3. The SMILES string of the molecule is CCCC(CBr)COCC. The first kappa shape index (κ1) is 10.4. The number of ether oxygens (including phenoxy) is 1. The summed E-state index contributed by atoms with van der Waals surface area (Å²) < 4.78 is 5.31. The van der Waals surface area contributed by atoms with Gasteiger partial charge in [0.25, 0.3) is 0 Å². The molecule has 0 N–H and O–H groups in total. The first-order valence-electron chi connectivity index (χ1n) is 3.98. The van der Waals surface area contributed by atoms with E-state index in [0.29, 0.717) is 5.92 Å². The molecule has 1 atom stereocenters. The van der Waals surface area contributed by atoms with Crippen molar-refractivity contribution in [2.75, 3.05) is 18.5 Å². The second-order valence-corrected chi connectivity index (χ2v) is 3.12. The van der Waals surface area contributed by atoms with E-state index in [1.54, 1.807) is 0 Å². The van der Waals surface area contributed by atoms with Crippen LogP contribution in [0, 0.1) is 5.92 Å². The summed E-state index contributed by atoms with van der Waals surface area (Å²) in [5, 5.41) is 1.07. The lowest BCUT2D eigenvalue weighted by atomic mass is 10.1. The third kappa shape index (κ3) is 5.24. The zero-order valence-corrected chi connectivity index (χ0v) is 8.49. The maximum atomic E-state index is 5.31. The van der Waals surface area contributed by atoms with Gasteiger partial charge in [-0.2, -0.15) is 0 Å². The van der Waals surface area contributed by atoms with Gasteiger partial charge in [-0.05, 0) is 19.3 Å². The van der Waals surface area contributed by atoms with Crippen LogP contribution in [0.5, 0.6) is 0 Å². The minimum absolute atomic E-state index is 0.713. The lowest BCUT2D eigenvalue weighted by Crippen LogP contribution is -2.10. The molecule has 0 saturated carbocycles. The first-order chi connectivity index (χ1) is 4.85. The van der Waals surface area contributed by atoms with Gasteiger partial charge in [-0.3, -0.25) is 0 Å². The quantitative estimate of drug-likeness (QED) is 0.611. The van der Waals surface area contributed by atoms with E-state index < -0.39 is 0 Å². The molecule has 0 saturated heterocycles. The molecular weight excluding hydrogens is 192 g/mol. The molecule has 0 spiro atoms. The Morgan fingerprint density at radius 3 is 2.50 bits per heavy atom. The minimum atomic E-state index is 0.713. The second kappa shape index (κ2) is 7.55. The number of halogens is 1. The highest BCUT2D eigenvalue weighted by atomic mass is 79.9. The fraction of sp³-hybridized carbons (Fsp3) is 1.00. The van der Waals surface area contributed by atoms with Crippen LogP contribution in [0.2, 0.25) is 0 Å². The van der Waals surface area contributed by atoms with Crippen molar-refractivity contribution in [3.63, 3.8) is 0 Å². The first-order valence-corrected chi connectivity index (χ1v) is 5.11. The van der Waals surface area contributed by atoms with Gasteiger partial charge in [0.1, 0.15) is 0 Å². The van der Waals surface area contributed by atoms with Crippen LogP contribution < -0.4 is 0 Å². The van der Waals surface area contributed by atoms with E-state index in [4.69, 9.17) is 4.74 Å². The molecule has 0 bridgehead atoms. The molecule has 0 aromatic carbocycles. The Morgan fingerprint density at radius 2 is 2.10 bits per heavy atom. The predicted octanol–water partition coefficient (Wildman–Crippen LogP) is 2.83. The molecule has 0 heterocycles. The van der Waals surface area contributed by atoms with Gasteiger partial charge in [0, 0.05) is 11.9 Å². The Kier molecular flexibility index (Phi) is 7.88. The second-order valence-electron chi connectivity index (χ2n) is 2.47. The summed E-state index contributed by atoms with van der Waals surface area (Å²) in [5.41, 5.74) is 0. The molecule has 0 aliphatic carbocycles. The molecule has 10 heavy (non-hydrogen) atoms. The monoisotopic (exact) mass is 208 g/mol. The molecular formula is C8H17BrO. The van der Waals surface area contributed by atoms with E-state index in [-0.39, 0.29) is 0 Å². The Labute approximate surface area is 72.3 Å². The summed E-state index contributed by atoms with van der Waals surface area (Å²) in [7, 11) is 0. The Hall–Kier alpha value is 0.440. The summed E-state index contributed by atoms with van der Waals surface area (Å²) in [6.45, 7) is 6.00. The molecule has 62 valence electrons. The van der Waals surface area contributed by atoms with Crippen molar-refractivity contribution in [2.45, 2.75) is 26.7 Å². The number of rotatable bonds is 6. The van der Waals surface area contributed by atoms with E-state index in [0.717, 1.165) is 18.5 Å². The molecule has 0 aliphatic heterocycles. The molecule has 0 aliphatic rings. The van der Waals surface area contributed by atoms with Crippen molar-refractivity contribution >= 4 is 15.9 Å². The van der Waals surface area contributed by atoms with Crippen molar-refractivity contribution in [2.24, 2.45) is 5.92 Å². The Balaban J connectivity index is 3.21. The summed E-state index contributed by atoms with van der Waals surface area (Å²) in [6.07, 6.45) is 2.52. The lowest BCUT2D eigenvalue weighted by Gasteiger charge is -2.11. The molecule has 1 unspecified atom stereocenters. The minimum Gasteiger partial charge on any atom is -0.381 e. The standard InChI is InChI=1S/C8H17BrO/c1-3-5-8(6-9)7-10-4-2/h8H,3-7H2,1-2H3. The van der Waals surface area contributed by atoms with Crippen LogP contribution in [0.4, 0.5) is 0 Å². The molecule has 0 amide bonds. The average molecular weight is 209 g/mol. The van der Waals surface area contributed by atoms with Crippen LogP contribution in [-0.2, 0) is 4.74 Å². The number of hydrogen-bond acceptors (Lipinski definition) is 1. The topological polar surface area (TPSA) is 9.23 Å². The highest BCUT2D eigenvalue weighted by molar-refractivity contribution is 9.09. The van der Waals surface area contributed by atoms with Crippen LogP contribution in [-0.4, -0.2) is 18.5 Å². The van der Waals surface area contributed by atoms with E-state index in [2.05, 4.69) is 22.9 Å². The Morgan fingerprint density at radius 1 is 1.40 bits per heavy atom. The van der Waals surface area contributed by atoms with Gasteiger partial charge in [0.15, 0.2) is 0 Å². The van der Waals surface area contributed by atoms with E-state index in [1.165, 1.54) is 12.8 Å². The highest BCUT2D eigenvalue weighted by Gasteiger charge is 2.04. The summed E-state index contributed by atoms with van der Waals surface area (Å²) >= 11 is 3.47. The van der Waals surface area contributed by atoms with Gasteiger partial charge in [-0.25, -0.2) is 0 Å². The van der Waals surface area contributed by atoms with Crippen molar-refractivity contribution < 1.29 is 4.74 Å². The van der Waals surface area contributed by atoms with Gasteiger partial charge >= 0.3 is 0 Å². The van der Waals surface area contributed by atoms with Gasteiger partial charge in [-0.15, -0.1) is 0 Å². The fourth-order valence-electron chi connectivity index (χ4n) is 0.898. The number of alkyl halides is 1. The highest BCUT2D eigenvalue weighted by Crippen LogP contribution is 2.09. The van der Waals surface area contributed by atoms with Gasteiger partial charge in [0.2, 0.25) is 0 Å². The molecule has 2 heteroatoms. The summed E-state index contributed by atoms with van der Waals surface area (Å²) in [4.78, 5) is 0. The lowest BCUT2D eigenvalue weighted by molar-refractivity contribution is 0.115. The van der Waals surface area contributed by atoms with Crippen molar-refractivity contribution in [3.8, 4) is 0 Å². The van der Waals surface area contributed by atoms with Crippen LogP contribution >= 0.6 is 15.9 Å². The molecule has 0 aromatic heterocycles. The maximum absolute atomic E-state index is 5.31. The zero-order chi connectivity index (χ0) is 7.82. The van der Waals surface area contributed by atoms with Crippen molar-refractivity contribution in [1.29, 1.82) is 0 Å². The molecule has 0 rings (SSSR count). The third-order valence-corrected chi connectivity index (χ3v) is 2.39. The van der Waals surface area contributed by atoms with Crippen LogP contribution in [0.3, 0.4) is 0 Å².